The molecule has 4 aromatic rings. The third-order valence-electron chi connectivity index (χ3n) is 5.63. The summed E-state index contributed by atoms with van der Waals surface area (Å²) in [6, 6.07) is 17.4. The van der Waals surface area contributed by atoms with E-state index in [1.165, 1.54) is 5.69 Å². The van der Waals surface area contributed by atoms with E-state index in [4.69, 9.17) is 9.72 Å². The van der Waals surface area contributed by atoms with Crippen LogP contribution in [0.25, 0.3) is 22.4 Å². The molecule has 0 bridgehead atoms. The van der Waals surface area contributed by atoms with Gasteiger partial charge in [-0.1, -0.05) is 6.07 Å². The van der Waals surface area contributed by atoms with Crippen LogP contribution in [0.4, 0.5) is 11.4 Å². The number of imidazole rings is 1. The third-order valence-corrected chi connectivity index (χ3v) is 5.63. The molecular weight excluding hydrogens is 402 g/mol. The van der Waals surface area contributed by atoms with Crippen LogP contribution < -0.4 is 10.2 Å². The summed E-state index contributed by atoms with van der Waals surface area (Å²) in [4.78, 5) is 27.3. The van der Waals surface area contributed by atoms with Crippen molar-refractivity contribution < 1.29 is 9.53 Å². The number of morpholine rings is 1. The normalized spacial score (nSPS) is 15.6. The number of rotatable bonds is 4. The molecule has 0 unspecified atom stereocenters. The molecule has 0 atom stereocenters. The second-order valence-electron chi connectivity index (χ2n) is 8.55. The summed E-state index contributed by atoms with van der Waals surface area (Å²) >= 11 is 0. The Morgan fingerprint density at radius 2 is 1.88 bits per heavy atom. The van der Waals surface area contributed by atoms with Crippen LogP contribution >= 0.6 is 0 Å². The molecule has 1 aliphatic rings. The van der Waals surface area contributed by atoms with Gasteiger partial charge in [-0.15, -0.1) is 0 Å². The SMILES string of the molecule is CC1(C)CN(c2ccc(-c3nc4c(C(=O)Nc5ccncc5)cccc4[nH]3)cc2)CCO1. The van der Waals surface area contributed by atoms with Crippen molar-refractivity contribution in [3.63, 3.8) is 0 Å². The second kappa shape index (κ2) is 8.09. The highest BCUT2D eigenvalue weighted by Gasteiger charge is 2.27. The van der Waals surface area contributed by atoms with Crippen LogP contribution in [0.1, 0.15) is 24.2 Å². The molecule has 7 nitrogen and oxygen atoms in total. The summed E-state index contributed by atoms with van der Waals surface area (Å²) in [6.07, 6.45) is 3.29. The Labute approximate surface area is 186 Å². The molecule has 2 N–H and O–H groups in total. The van der Waals surface area contributed by atoms with Crippen molar-refractivity contribution in [2.75, 3.05) is 29.9 Å². The number of fused-ring (bicyclic) bond motifs is 1. The highest BCUT2D eigenvalue weighted by molar-refractivity contribution is 6.11. The van der Waals surface area contributed by atoms with Gasteiger partial charge in [-0.05, 0) is 62.4 Å². The maximum absolute atomic E-state index is 12.8. The van der Waals surface area contributed by atoms with Gasteiger partial charge in [-0.25, -0.2) is 4.98 Å². The Bertz CT molecular complexity index is 1250. The molecule has 3 heterocycles. The molecule has 1 aliphatic heterocycles. The quantitative estimate of drug-likeness (QED) is 0.501. The zero-order valence-corrected chi connectivity index (χ0v) is 18.1. The number of benzene rings is 2. The van der Waals surface area contributed by atoms with Crippen molar-refractivity contribution >= 4 is 28.3 Å². The number of ether oxygens (including phenoxy) is 1. The summed E-state index contributed by atoms with van der Waals surface area (Å²) in [6.45, 7) is 6.69. The third kappa shape index (κ3) is 4.07. The molecule has 2 aromatic heterocycles. The molecule has 1 fully saturated rings. The summed E-state index contributed by atoms with van der Waals surface area (Å²) in [5, 5.41) is 2.90. The number of anilines is 2. The van der Waals surface area contributed by atoms with Crippen molar-refractivity contribution in [3.8, 4) is 11.4 Å². The lowest BCUT2D eigenvalue weighted by Gasteiger charge is -2.39. The van der Waals surface area contributed by atoms with Crippen molar-refractivity contribution in [1.29, 1.82) is 0 Å². The van der Waals surface area contributed by atoms with Gasteiger partial charge in [0.05, 0.1) is 23.3 Å². The Morgan fingerprint density at radius 3 is 2.62 bits per heavy atom. The van der Waals surface area contributed by atoms with E-state index < -0.39 is 0 Å². The average molecular weight is 428 g/mol. The minimum atomic E-state index is -0.204. The average Bonchev–Trinajstić information content (AvgIpc) is 3.23. The fraction of sp³-hybridized carbons (Fsp3) is 0.240. The molecule has 0 radical (unpaired) electrons. The smallest absolute Gasteiger partial charge is 0.257 e. The van der Waals surface area contributed by atoms with E-state index in [0.29, 0.717) is 16.8 Å². The maximum atomic E-state index is 12.8. The number of amides is 1. The Kier molecular flexibility index (Phi) is 5.11. The lowest BCUT2D eigenvalue weighted by molar-refractivity contribution is -0.0276. The van der Waals surface area contributed by atoms with Gasteiger partial charge in [0.2, 0.25) is 0 Å². The van der Waals surface area contributed by atoms with Crippen molar-refractivity contribution in [3.05, 3.63) is 72.6 Å². The predicted octanol–water partition coefficient (Wildman–Crippen LogP) is 4.49. The van der Waals surface area contributed by atoms with Crippen molar-refractivity contribution in [1.82, 2.24) is 15.0 Å². The van der Waals surface area contributed by atoms with Gasteiger partial charge in [0.15, 0.2) is 0 Å². The largest absolute Gasteiger partial charge is 0.372 e. The molecule has 162 valence electrons. The van der Waals surface area contributed by atoms with Gasteiger partial charge in [0, 0.05) is 42.4 Å². The second-order valence-corrected chi connectivity index (χ2v) is 8.55. The number of H-pyrrole nitrogens is 1. The molecule has 0 aliphatic carbocycles. The van der Waals surface area contributed by atoms with Gasteiger partial charge in [0.25, 0.3) is 5.91 Å². The number of aromatic nitrogens is 3. The first-order chi connectivity index (χ1) is 15.5. The standard InChI is InChI=1S/C25H25N5O2/c1-25(2)16-30(14-15-32-25)19-8-6-17(7-9-19)23-28-21-5-3-4-20(22(21)29-23)24(31)27-18-10-12-26-13-11-18/h3-13H,14-16H2,1-2H3,(H,28,29)(H,26,27,31). The molecule has 2 aromatic carbocycles. The number of para-hydroxylation sites is 1. The molecular formula is C25H25N5O2. The highest BCUT2D eigenvalue weighted by atomic mass is 16.5. The van der Waals surface area contributed by atoms with E-state index in [9.17, 15) is 4.79 Å². The number of nitrogens with zero attached hydrogens (tertiary/aromatic N) is 3. The number of aromatic amines is 1. The van der Waals surface area contributed by atoms with Gasteiger partial charge in [-0.2, -0.15) is 0 Å². The number of carbonyl (C=O) groups is 1. The van der Waals surface area contributed by atoms with Crippen LogP contribution in [0.2, 0.25) is 0 Å². The molecule has 1 saturated heterocycles. The molecule has 5 rings (SSSR count). The summed E-state index contributed by atoms with van der Waals surface area (Å²) in [7, 11) is 0. The number of pyridine rings is 1. The molecule has 0 spiro atoms. The Morgan fingerprint density at radius 1 is 1.09 bits per heavy atom. The van der Waals surface area contributed by atoms with Gasteiger partial charge in [0.1, 0.15) is 11.3 Å². The lowest BCUT2D eigenvalue weighted by Crippen LogP contribution is -2.48. The van der Waals surface area contributed by atoms with E-state index >= 15 is 0 Å². The monoisotopic (exact) mass is 427 g/mol. The predicted molar refractivity (Wildman–Crippen MR) is 126 cm³/mol. The summed E-state index contributed by atoms with van der Waals surface area (Å²) < 4.78 is 5.82. The van der Waals surface area contributed by atoms with Crippen LogP contribution in [-0.4, -0.2) is 46.2 Å². The minimum absolute atomic E-state index is 0.150. The molecule has 32 heavy (non-hydrogen) atoms. The summed E-state index contributed by atoms with van der Waals surface area (Å²) in [5.74, 6) is 0.531. The van der Waals surface area contributed by atoms with Crippen LogP contribution in [0.15, 0.2) is 67.0 Å². The lowest BCUT2D eigenvalue weighted by atomic mass is 10.1. The van der Waals surface area contributed by atoms with E-state index in [2.05, 4.69) is 58.3 Å². The Hall–Kier alpha value is -3.71. The minimum Gasteiger partial charge on any atom is -0.372 e. The van der Waals surface area contributed by atoms with Gasteiger partial charge in [-0.3, -0.25) is 9.78 Å². The van der Waals surface area contributed by atoms with Crippen molar-refractivity contribution in [2.45, 2.75) is 19.4 Å². The topological polar surface area (TPSA) is 83.1 Å². The van der Waals surface area contributed by atoms with Gasteiger partial charge >= 0.3 is 0 Å². The zero-order chi connectivity index (χ0) is 22.1. The number of hydrogen-bond donors (Lipinski definition) is 2. The molecule has 7 heteroatoms. The van der Waals surface area contributed by atoms with Crippen LogP contribution in [0, 0.1) is 0 Å². The van der Waals surface area contributed by atoms with Crippen molar-refractivity contribution in [2.24, 2.45) is 0 Å². The molecule has 0 saturated carbocycles. The Balaban J connectivity index is 1.40. The number of carbonyl (C=O) groups excluding carboxylic acids is 1. The zero-order valence-electron chi connectivity index (χ0n) is 18.1. The summed E-state index contributed by atoms with van der Waals surface area (Å²) in [5.41, 5.74) is 4.67. The van der Waals surface area contributed by atoms with Gasteiger partial charge < -0.3 is 19.9 Å². The first kappa shape index (κ1) is 20.2. The fourth-order valence-corrected chi connectivity index (χ4v) is 4.05. The van der Waals surface area contributed by atoms with E-state index in [1.807, 2.05) is 12.1 Å². The number of hydrogen-bond acceptors (Lipinski definition) is 5. The fourth-order valence-electron chi connectivity index (χ4n) is 4.05. The number of nitrogens with one attached hydrogen (secondary N) is 2. The first-order valence-electron chi connectivity index (χ1n) is 10.7. The van der Waals surface area contributed by atoms with Crippen LogP contribution in [-0.2, 0) is 4.74 Å². The highest BCUT2D eigenvalue weighted by Crippen LogP contribution is 2.27. The van der Waals surface area contributed by atoms with E-state index in [-0.39, 0.29) is 11.5 Å². The molecule has 1 amide bonds. The first-order valence-corrected chi connectivity index (χ1v) is 10.7. The maximum Gasteiger partial charge on any atom is 0.257 e. The van der Waals surface area contributed by atoms with Crippen LogP contribution in [0.5, 0.6) is 0 Å². The van der Waals surface area contributed by atoms with E-state index in [1.54, 1.807) is 30.6 Å². The van der Waals surface area contributed by atoms with Crippen LogP contribution in [0.3, 0.4) is 0 Å². The van der Waals surface area contributed by atoms with E-state index in [0.717, 1.165) is 36.6 Å².